The second-order valence-corrected chi connectivity index (χ2v) is 7.90. The van der Waals surface area contributed by atoms with Crippen LogP contribution in [0.2, 0.25) is 0 Å². The Balaban J connectivity index is 1.35. The van der Waals surface area contributed by atoms with Gasteiger partial charge in [0, 0.05) is 38.8 Å². The fourth-order valence-corrected chi connectivity index (χ4v) is 4.09. The number of hydrogen-bond acceptors (Lipinski definition) is 5. The fraction of sp³-hybridized carbons (Fsp3) is 0.458. The molecule has 1 aromatic carbocycles. The van der Waals surface area contributed by atoms with Crippen LogP contribution < -0.4 is 9.47 Å². The van der Waals surface area contributed by atoms with Crippen molar-refractivity contribution in [2.24, 2.45) is 0 Å². The first-order valence-corrected chi connectivity index (χ1v) is 10.8. The van der Waals surface area contributed by atoms with Gasteiger partial charge in [-0.3, -0.25) is 9.69 Å². The summed E-state index contributed by atoms with van der Waals surface area (Å²) >= 11 is 0. The molecule has 0 unspecified atom stereocenters. The van der Waals surface area contributed by atoms with E-state index in [1.54, 1.807) is 13.4 Å². The number of amides is 1. The Labute approximate surface area is 178 Å². The summed E-state index contributed by atoms with van der Waals surface area (Å²) in [6.07, 6.45) is 9.95. The fourth-order valence-electron chi connectivity index (χ4n) is 4.09. The highest BCUT2D eigenvalue weighted by atomic mass is 16.5. The first kappa shape index (κ1) is 20.5. The van der Waals surface area contributed by atoms with Gasteiger partial charge < -0.3 is 18.8 Å². The average molecular weight is 411 g/mol. The van der Waals surface area contributed by atoms with Gasteiger partial charge >= 0.3 is 0 Å². The van der Waals surface area contributed by atoms with E-state index in [1.807, 2.05) is 41.3 Å². The van der Waals surface area contributed by atoms with Crippen LogP contribution in [0.15, 0.2) is 47.1 Å². The number of likely N-dealkylation sites (tertiary alicyclic amines) is 2. The van der Waals surface area contributed by atoms with E-state index in [9.17, 15) is 4.79 Å². The second-order valence-electron chi connectivity index (χ2n) is 7.90. The van der Waals surface area contributed by atoms with Crippen LogP contribution in [-0.4, -0.2) is 61.6 Å². The Kier molecular flexibility index (Phi) is 6.74. The summed E-state index contributed by atoms with van der Waals surface area (Å²) in [6.45, 7) is 4.48. The maximum Gasteiger partial charge on any atom is 0.257 e. The molecule has 0 aliphatic carbocycles. The van der Waals surface area contributed by atoms with Crippen LogP contribution in [0.25, 0.3) is 6.08 Å². The highest BCUT2D eigenvalue weighted by Crippen LogP contribution is 2.29. The van der Waals surface area contributed by atoms with Crippen molar-refractivity contribution in [2.75, 3.05) is 39.8 Å². The number of nitrogens with zero attached hydrogens (tertiary/aromatic N) is 2. The highest BCUT2D eigenvalue weighted by molar-refractivity contribution is 5.97. The molecule has 2 aromatic rings. The number of piperidine rings is 1. The molecule has 2 fully saturated rings. The molecule has 1 amide bonds. The Hall–Kier alpha value is -2.73. The average Bonchev–Trinajstić information content (AvgIpc) is 3.49. The molecule has 2 saturated heterocycles. The van der Waals surface area contributed by atoms with Gasteiger partial charge in [0.05, 0.1) is 18.9 Å². The summed E-state index contributed by atoms with van der Waals surface area (Å²) in [7, 11) is 1.63. The quantitative estimate of drug-likeness (QED) is 0.688. The number of ether oxygens (including phenoxy) is 2. The van der Waals surface area contributed by atoms with E-state index in [0.717, 1.165) is 64.2 Å². The van der Waals surface area contributed by atoms with Crippen LogP contribution in [0.3, 0.4) is 0 Å². The van der Waals surface area contributed by atoms with Crippen molar-refractivity contribution in [3.8, 4) is 11.5 Å². The minimum atomic E-state index is 0.0608. The topological polar surface area (TPSA) is 55.1 Å². The SMILES string of the molecule is COc1ccc(C(=O)N2CCCC2)c(OC2CCN(C/C=C/c3ccco3)CC2)c1. The number of benzene rings is 1. The minimum absolute atomic E-state index is 0.0608. The third-order valence-corrected chi connectivity index (χ3v) is 5.83. The predicted octanol–water partition coefficient (Wildman–Crippen LogP) is 4.08. The molecule has 30 heavy (non-hydrogen) atoms. The van der Waals surface area contributed by atoms with Crippen LogP contribution in [0.4, 0.5) is 0 Å². The van der Waals surface area contributed by atoms with Gasteiger partial charge in [0.2, 0.25) is 0 Å². The van der Waals surface area contributed by atoms with Crippen molar-refractivity contribution in [1.29, 1.82) is 0 Å². The van der Waals surface area contributed by atoms with Crippen LogP contribution in [0, 0.1) is 0 Å². The van der Waals surface area contributed by atoms with Gasteiger partial charge in [-0.05, 0) is 56.0 Å². The van der Waals surface area contributed by atoms with E-state index in [-0.39, 0.29) is 12.0 Å². The van der Waals surface area contributed by atoms with Gasteiger partial charge in [-0.1, -0.05) is 6.08 Å². The van der Waals surface area contributed by atoms with E-state index in [1.165, 1.54) is 0 Å². The number of carbonyl (C=O) groups is 1. The zero-order chi connectivity index (χ0) is 20.8. The number of carbonyl (C=O) groups excluding carboxylic acids is 1. The standard InChI is InChI=1S/C24H30N2O4/c1-28-21-8-9-22(24(27)26-13-2-3-14-26)23(18-21)30-20-10-15-25(16-11-20)12-4-6-19-7-5-17-29-19/h4-9,17-18,20H,2-3,10-16H2,1H3/b6-4+. The van der Waals surface area contributed by atoms with E-state index in [2.05, 4.69) is 11.0 Å². The first-order chi connectivity index (χ1) is 14.7. The van der Waals surface area contributed by atoms with Gasteiger partial charge in [0.1, 0.15) is 23.4 Å². The number of rotatable bonds is 7. The molecule has 0 spiro atoms. The number of methoxy groups -OCH3 is 1. The largest absolute Gasteiger partial charge is 0.497 e. The van der Waals surface area contributed by atoms with Crippen LogP contribution in [-0.2, 0) is 0 Å². The van der Waals surface area contributed by atoms with E-state index < -0.39 is 0 Å². The van der Waals surface area contributed by atoms with E-state index in [4.69, 9.17) is 13.9 Å². The highest BCUT2D eigenvalue weighted by Gasteiger charge is 2.26. The zero-order valence-electron chi connectivity index (χ0n) is 17.6. The van der Waals surface area contributed by atoms with Crippen LogP contribution >= 0.6 is 0 Å². The molecular weight excluding hydrogens is 380 g/mol. The molecule has 3 heterocycles. The molecule has 1 aromatic heterocycles. The van der Waals surface area contributed by atoms with Gasteiger partial charge in [-0.2, -0.15) is 0 Å². The van der Waals surface area contributed by atoms with Gasteiger partial charge in [0.15, 0.2) is 0 Å². The molecule has 160 valence electrons. The summed E-state index contributed by atoms with van der Waals surface area (Å²) in [4.78, 5) is 17.3. The second kappa shape index (κ2) is 9.85. The van der Waals surface area contributed by atoms with E-state index in [0.29, 0.717) is 17.1 Å². The molecule has 0 atom stereocenters. The Morgan fingerprint density at radius 2 is 1.97 bits per heavy atom. The first-order valence-electron chi connectivity index (χ1n) is 10.8. The maximum atomic E-state index is 13.0. The molecule has 2 aliphatic heterocycles. The lowest BCUT2D eigenvalue weighted by atomic mass is 10.1. The predicted molar refractivity (Wildman–Crippen MR) is 116 cm³/mol. The summed E-state index contributed by atoms with van der Waals surface area (Å²) in [5, 5.41) is 0. The lowest BCUT2D eigenvalue weighted by molar-refractivity contribution is 0.0771. The van der Waals surface area contributed by atoms with Gasteiger partial charge in [-0.15, -0.1) is 0 Å². The van der Waals surface area contributed by atoms with E-state index >= 15 is 0 Å². The van der Waals surface area contributed by atoms with Crippen LogP contribution in [0.5, 0.6) is 11.5 Å². The molecule has 0 bridgehead atoms. The summed E-state index contributed by atoms with van der Waals surface area (Å²) in [5.74, 6) is 2.29. The summed E-state index contributed by atoms with van der Waals surface area (Å²) < 4.78 is 17.0. The zero-order valence-corrected chi connectivity index (χ0v) is 17.6. The van der Waals surface area contributed by atoms with Crippen molar-refractivity contribution >= 4 is 12.0 Å². The summed E-state index contributed by atoms with van der Waals surface area (Å²) in [6, 6.07) is 9.37. The van der Waals surface area contributed by atoms with Gasteiger partial charge in [0.25, 0.3) is 5.91 Å². The molecule has 0 radical (unpaired) electrons. The monoisotopic (exact) mass is 410 g/mol. The van der Waals surface area contributed by atoms with Crippen LogP contribution in [0.1, 0.15) is 41.8 Å². The number of hydrogen-bond donors (Lipinski definition) is 0. The molecular formula is C24H30N2O4. The minimum Gasteiger partial charge on any atom is -0.497 e. The molecule has 6 nitrogen and oxygen atoms in total. The Morgan fingerprint density at radius 1 is 1.17 bits per heavy atom. The van der Waals surface area contributed by atoms with Crippen molar-refractivity contribution in [3.05, 3.63) is 54.0 Å². The molecule has 2 aliphatic rings. The third-order valence-electron chi connectivity index (χ3n) is 5.83. The lowest BCUT2D eigenvalue weighted by Crippen LogP contribution is -2.38. The van der Waals surface area contributed by atoms with Crippen molar-refractivity contribution in [2.45, 2.75) is 31.8 Å². The third kappa shape index (κ3) is 5.05. The van der Waals surface area contributed by atoms with Crippen molar-refractivity contribution in [1.82, 2.24) is 9.80 Å². The lowest BCUT2D eigenvalue weighted by Gasteiger charge is -2.32. The number of furan rings is 1. The molecule has 0 N–H and O–H groups in total. The van der Waals surface area contributed by atoms with Crippen molar-refractivity contribution < 1.29 is 18.7 Å². The Bertz CT molecular complexity index is 848. The summed E-state index contributed by atoms with van der Waals surface area (Å²) in [5.41, 5.74) is 0.640. The molecule has 0 saturated carbocycles. The molecule has 6 heteroatoms. The normalized spacial score (nSPS) is 18.2. The van der Waals surface area contributed by atoms with Gasteiger partial charge in [-0.25, -0.2) is 0 Å². The maximum absolute atomic E-state index is 13.0. The Morgan fingerprint density at radius 3 is 2.67 bits per heavy atom. The van der Waals surface area contributed by atoms with Crippen molar-refractivity contribution in [3.63, 3.8) is 0 Å². The molecule has 4 rings (SSSR count). The smallest absolute Gasteiger partial charge is 0.257 e.